The number of alkyl halides is 1. The van der Waals surface area contributed by atoms with Crippen molar-refractivity contribution in [1.29, 1.82) is 0 Å². The normalized spacial score (nSPS) is 18.5. The van der Waals surface area contributed by atoms with Crippen molar-refractivity contribution in [1.82, 2.24) is 0 Å². The van der Waals surface area contributed by atoms with Gasteiger partial charge in [0.25, 0.3) is 0 Å². The lowest BCUT2D eigenvalue weighted by Crippen LogP contribution is -2.06. The Morgan fingerprint density at radius 1 is 1.36 bits per heavy atom. The Morgan fingerprint density at radius 2 is 2.14 bits per heavy atom. The van der Waals surface area contributed by atoms with E-state index in [4.69, 9.17) is 16.3 Å². The topological polar surface area (TPSA) is 9.23 Å². The number of rotatable bonds is 2. The summed E-state index contributed by atoms with van der Waals surface area (Å²) < 4.78 is 5.64. The molecule has 1 nitrogen and oxygen atoms in total. The molecule has 2 heteroatoms. The third-order valence-corrected chi connectivity index (χ3v) is 3.30. The number of benzene rings is 1. The predicted octanol–water partition coefficient (Wildman–Crippen LogP) is 3.35. The van der Waals surface area contributed by atoms with Crippen molar-refractivity contribution in [2.45, 2.75) is 31.6 Å². The van der Waals surface area contributed by atoms with Gasteiger partial charge in [0.2, 0.25) is 0 Å². The van der Waals surface area contributed by atoms with Crippen LogP contribution in [0.4, 0.5) is 0 Å². The molecule has 0 aliphatic carbocycles. The molecule has 0 spiro atoms. The Kier molecular flexibility index (Phi) is 2.69. The highest BCUT2D eigenvalue weighted by Gasteiger charge is 2.21. The van der Waals surface area contributed by atoms with E-state index in [1.807, 2.05) is 6.92 Å². The Bertz CT molecular complexity index is 333. The van der Waals surface area contributed by atoms with Crippen molar-refractivity contribution in [2.75, 3.05) is 6.61 Å². The van der Waals surface area contributed by atoms with Crippen LogP contribution in [0.2, 0.25) is 0 Å². The van der Waals surface area contributed by atoms with E-state index in [-0.39, 0.29) is 5.38 Å². The van der Waals surface area contributed by atoms with Gasteiger partial charge in [-0.3, -0.25) is 0 Å². The van der Waals surface area contributed by atoms with E-state index in [0.29, 0.717) is 5.92 Å². The summed E-state index contributed by atoms with van der Waals surface area (Å²) in [7, 11) is 0. The molecule has 0 N–H and O–H groups in total. The minimum absolute atomic E-state index is 0.144. The molecule has 2 rings (SSSR count). The zero-order valence-electron chi connectivity index (χ0n) is 8.59. The lowest BCUT2D eigenvalue weighted by molar-refractivity contribution is 0.351. The number of hydrogen-bond acceptors (Lipinski definition) is 1. The molecule has 1 aliphatic heterocycles. The molecular formula is C12H15ClO. The fourth-order valence-electron chi connectivity index (χ4n) is 1.85. The van der Waals surface area contributed by atoms with E-state index in [2.05, 4.69) is 25.1 Å². The molecular weight excluding hydrogens is 196 g/mol. The summed E-state index contributed by atoms with van der Waals surface area (Å²) in [5.41, 5.74) is 2.58. The third-order valence-electron chi connectivity index (χ3n) is 2.92. The van der Waals surface area contributed by atoms with Crippen molar-refractivity contribution in [3.05, 3.63) is 29.3 Å². The van der Waals surface area contributed by atoms with Gasteiger partial charge in [0.05, 0.1) is 6.61 Å². The number of halogens is 1. The SMILES string of the molecule is CC(Cl)C(C)c1cccc2c1OCC2. The zero-order valence-corrected chi connectivity index (χ0v) is 9.34. The summed E-state index contributed by atoms with van der Waals surface area (Å²) in [4.78, 5) is 0. The van der Waals surface area contributed by atoms with Crippen LogP contribution in [0.15, 0.2) is 18.2 Å². The van der Waals surface area contributed by atoms with Crippen molar-refractivity contribution in [2.24, 2.45) is 0 Å². The summed E-state index contributed by atoms with van der Waals surface area (Å²) in [6.45, 7) is 4.99. The van der Waals surface area contributed by atoms with Crippen molar-refractivity contribution in [3.63, 3.8) is 0 Å². The fraction of sp³-hybridized carbons (Fsp3) is 0.500. The fourth-order valence-corrected chi connectivity index (χ4v) is 1.98. The Balaban J connectivity index is 2.39. The van der Waals surface area contributed by atoms with Gasteiger partial charge in [-0.1, -0.05) is 25.1 Å². The molecule has 0 radical (unpaired) electrons. The van der Waals surface area contributed by atoms with Gasteiger partial charge in [0.1, 0.15) is 5.75 Å². The maximum absolute atomic E-state index is 6.11. The van der Waals surface area contributed by atoms with Gasteiger partial charge in [0.15, 0.2) is 0 Å². The molecule has 2 atom stereocenters. The van der Waals surface area contributed by atoms with Crippen LogP contribution in [-0.2, 0) is 6.42 Å². The van der Waals surface area contributed by atoms with Gasteiger partial charge in [-0.25, -0.2) is 0 Å². The first kappa shape index (κ1) is 9.85. The number of fused-ring (bicyclic) bond motifs is 1. The average molecular weight is 211 g/mol. The molecule has 76 valence electrons. The van der Waals surface area contributed by atoms with Crippen molar-refractivity contribution in [3.8, 4) is 5.75 Å². The largest absolute Gasteiger partial charge is 0.493 e. The maximum atomic E-state index is 6.11. The van der Waals surface area contributed by atoms with E-state index < -0.39 is 0 Å². The molecule has 1 heterocycles. The highest BCUT2D eigenvalue weighted by molar-refractivity contribution is 6.20. The third kappa shape index (κ3) is 1.61. The van der Waals surface area contributed by atoms with Crippen LogP contribution in [0, 0.1) is 0 Å². The first-order valence-corrected chi connectivity index (χ1v) is 5.52. The lowest BCUT2D eigenvalue weighted by Gasteiger charge is -2.17. The summed E-state index contributed by atoms with van der Waals surface area (Å²) in [6.07, 6.45) is 1.03. The van der Waals surface area contributed by atoms with Gasteiger partial charge in [-0.2, -0.15) is 0 Å². The van der Waals surface area contributed by atoms with Crippen LogP contribution >= 0.6 is 11.6 Å². The van der Waals surface area contributed by atoms with Gasteiger partial charge in [-0.15, -0.1) is 11.6 Å². The summed E-state index contributed by atoms with van der Waals surface area (Å²) in [5.74, 6) is 1.43. The smallest absolute Gasteiger partial charge is 0.126 e. The first-order chi connectivity index (χ1) is 6.70. The standard InChI is InChI=1S/C12H15ClO/c1-8(9(2)13)11-5-3-4-10-6-7-14-12(10)11/h3-5,8-9H,6-7H2,1-2H3. The minimum Gasteiger partial charge on any atom is -0.493 e. The summed E-state index contributed by atoms with van der Waals surface area (Å²) in [5, 5.41) is 0.144. The molecule has 0 aromatic heterocycles. The predicted molar refractivity (Wildman–Crippen MR) is 59.4 cm³/mol. The van der Waals surface area contributed by atoms with Crippen LogP contribution < -0.4 is 4.74 Å². The zero-order chi connectivity index (χ0) is 10.1. The molecule has 1 aliphatic rings. The van der Waals surface area contributed by atoms with Crippen LogP contribution in [-0.4, -0.2) is 12.0 Å². The van der Waals surface area contributed by atoms with Crippen LogP contribution in [0.3, 0.4) is 0 Å². The molecule has 2 unspecified atom stereocenters. The van der Waals surface area contributed by atoms with E-state index in [1.54, 1.807) is 0 Å². The molecule has 1 aromatic carbocycles. The molecule has 0 bridgehead atoms. The van der Waals surface area contributed by atoms with E-state index in [1.165, 1.54) is 11.1 Å². The van der Waals surface area contributed by atoms with Crippen molar-refractivity contribution < 1.29 is 4.74 Å². The lowest BCUT2D eigenvalue weighted by atomic mass is 9.95. The van der Waals surface area contributed by atoms with Gasteiger partial charge in [0, 0.05) is 17.7 Å². The first-order valence-electron chi connectivity index (χ1n) is 5.09. The minimum atomic E-state index is 0.144. The molecule has 1 aromatic rings. The highest BCUT2D eigenvalue weighted by Crippen LogP contribution is 2.36. The molecule has 14 heavy (non-hydrogen) atoms. The van der Waals surface area contributed by atoms with Gasteiger partial charge in [-0.05, 0) is 18.1 Å². The van der Waals surface area contributed by atoms with Gasteiger partial charge < -0.3 is 4.74 Å². The second-order valence-electron chi connectivity index (χ2n) is 3.90. The summed E-state index contributed by atoms with van der Waals surface area (Å²) in [6, 6.07) is 6.35. The number of hydrogen-bond donors (Lipinski definition) is 0. The van der Waals surface area contributed by atoms with Crippen molar-refractivity contribution >= 4 is 11.6 Å². The second-order valence-corrected chi connectivity index (χ2v) is 4.59. The summed E-state index contributed by atoms with van der Waals surface area (Å²) >= 11 is 6.11. The highest BCUT2D eigenvalue weighted by atomic mass is 35.5. The monoisotopic (exact) mass is 210 g/mol. The molecule has 0 fully saturated rings. The molecule has 0 saturated carbocycles. The van der Waals surface area contributed by atoms with E-state index in [0.717, 1.165) is 18.8 Å². The van der Waals surface area contributed by atoms with Crippen LogP contribution in [0.5, 0.6) is 5.75 Å². The Hall–Kier alpha value is -0.690. The van der Waals surface area contributed by atoms with E-state index >= 15 is 0 Å². The molecule has 0 saturated heterocycles. The quantitative estimate of drug-likeness (QED) is 0.681. The Morgan fingerprint density at radius 3 is 2.86 bits per heavy atom. The van der Waals surface area contributed by atoms with Crippen LogP contribution in [0.25, 0.3) is 0 Å². The van der Waals surface area contributed by atoms with Crippen LogP contribution in [0.1, 0.15) is 30.9 Å². The number of ether oxygens (including phenoxy) is 1. The number of para-hydroxylation sites is 1. The van der Waals surface area contributed by atoms with Gasteiger partial charge >= 0.3 is 0 Å². The Labute approximate surface area is 90.0 Å². The van der Waals surface area contributed by atoms with E-state index in [9.17, 15) is 0 Å². The maximum Gasteiger partial charge on any atom is 0.126 e. The average Bonchev–Trinajstić information content (AvgIpc) is 2.63. The molecule has 0 amide bonds. The second kappa shape index (κ2) is 3.82.